The summed E-state index contributed by atoms with van der Waals surface area (Å²) in [6.07, 6.45) is 2.50. The summed E-state index contributed by atoms with van der Waals surface area (Å²) in [5.41, 5.74) is 2.92. The molecule has 0 saturated carbocycles. The normalized spacial score (nSPS) is 11.3. The number of benzene rings is 1. The number of fused-ring (bicyclic) bond motifs is 1. The number of hydrogen-bond donors (Lipinski definition) is 1. The summed E-state index contributed by atoms with van der Waals surface area (Å²) in [6, 6.07) is 12.5. The third-order valence-corrected chi connectivity index (χ3v) is 5.47. The quantitative estimate of drug-likeness (QED) is 0.489. The SMILES string of the molecule is COc1ccc(CCNc2ncnc3c2nc(-c2cccs2)n3C(C)C)cc1. The number of aromatic nitrogens is 4. The molecule has 0 atom stereocenters. The van der Waals surface area contributed by atoms with E-state index in [1.54, 1.807) is 24.8 Å². The highest BCUT2D eigenvalue weighted by Gasteiger charge is 2.19. The number of thiophene rings is 1. The lowest BCUT2D eigenvalue weighted by Crippen LogP contribution is -2.08. The number of imidazole rings is 1. The van der Waals surface area contributed by atoms with Crippen molar-refractivity contribution < 1.29 is 4.74 Å². The lowest BCUT2D eigenvalue weighted by molar-refractivity contribution is 0.414. The third kappa shape index (κ3) is 3.57. The van der Waals surface area contributed by atoms with Crippen LogP contribution in [0.1, 0.15) is 25.5 Å². The smallest absolute Gasteiger partial charge is 0.166 e. The highest BCUT2D eigenvalue weighted by atomic mass is 32.1. The molecule has 0 aliphatic carbocycles. The molecule has 3 heterocycles. The molecular weight excluding hydrogens is 370 g/mol. The Bertz CT molecular complexity index is 1050. The first kappa shape index (κ1) is 18.4. The van der Waals surface area contributed by atoms with Crippen molar-refractivity contribution in [1.29, 1.82) is 0 Å². The number of rotatable bonds is 7. The molecule has 1 aromatic carbocycles. The van der Waals surface area contributed by atoms with Crippen molar-refractivity contribution in [1.82, 2.24) is 19.5 Å². The summed E-state index contributed by atoms with van der Waals surface area (Å²) in [4.78, 5) is 15.0. The second kappa shape index (κ2) is 7.98. The Hall–Kier alpha value is -2.93. The third-order valence-electron chi connectivity index (χ3n) is 4.60. The van der Waals surface area contributed by atoms with Gasteiger partial charge < -0.3 is 14.6 Å². The molecule has 1 N–H and O–H groups in total. The van der Waals surface area contributed by atoms with Gasteiger partial charge in [-0.2, -0.15) is 0 Å². The zero-order valence-electron chi connectivity index (χ0n) is 16.2. The van der Waals surface area contributed by atoms with Crippen LogP contribution in [0.5, 0.6) is 5.75 Å². The van der Waals surface area contributed by atoms with Crippen LogP contribution < -0.4 is 10.1 Å². The van der Waals surface area contributed by atoms with Gasteiger partial charge in [0.15, 0.2) is 22.8 Å². The van der Waals surface area contributed by atoms with Gasteiger partial charge in [-0.15, -0.1) is 11.3 Å². The van der Waals surface area contributed by atoms with E-state index >= 15 is 0 Å². The van der Waals surface area contributed by atoms with E-state index in [-0.39, 0.29) is 6.04 Å². The lowest BCUT2D eigenvalue weighted by atomic mass is 10.1. The Kier molecular flexibility index (Phi) is 5.25. The van der Waals surface area contributed by atoms with Crippen molar-refractivity contribution in [2.75, 3.05) is 19.0 Å². The van der Waals surface area contributed by atoms with Crippen molar-refractivity contribution in [2.24, 2.45) is 0 Å². The molecule has 144 valence electrons. The zero-order valence-corrected chi connectivity index (χ0v) is 17.0. The molecule has 6 nitrogen and oxygen atoms in total. The van der Waals surface area contributed by atoms with Gasteiger partial charge in [0.2, 0.25) is 0 Å². The second-order valence-corrected chi connectivity index (χ2v) is 7.74. The molecule has 0 aliphatic heterocycles. The van der Waals surface area contributed by atoms with Gasteiger partial charge in [0.05, 0.1) is 12.0 Å². The molecule has 0 unspecified atom stereocenters. The zero-order chi connectivity index (χ0) is 19.5. The topological polar surface area (TPSA) is 64.9 Å². The minimum Gasteiger partial charge on any atom is -0.497 e. The average Bonchev–Trinajstić information content (AvgIpc) is 3.36. The van der Waals surface area contributed by atoms with Crippen LogP contribution in [-0.2, 0) is 6.42 Å². The van der Waals surface area contributed by atoms with Crippen molar-refractivity contribution in [3.8, 4) is 16.5 Å². The predicted octanol–water partition coefficient (Wildman–Crippen LogP) is 4.80. The largest absolute Gasteiger partial charge is 0.497 e. The maximum absolute atomic E-state index is 5.21. The fourth-order valence-electron chi connectivity index (χ4n) is 3.22. The molecule has 0 radical (unpaired) electrons. The Morgan fingerprint density at radius 3 is 2.64 bits per heavy atom. The first-order valence-electron chi connectivity index (χ1n) is 9.31. The van der Waals surface area contributed by atoms with E-state index in [4.69, 9.17) is 9.72 Å². The minimum atomic E-state index is 0.254. The molecule has 28 heavy (non-hydrogen) atoms. The van der Waals surface area contributed by atoms with Gasteiger partial charge in [-0.05, 0) is 49.4 Å². The molecule has 0 amide bonds. The molecular formula is C21H23N5OS. The van der Waals surface area contributed by atoms with E-state index in [2.05, 4.69) is 57.3 Å². The summed E-state index contributed by atoms with van der Waals surface area (Å²) in [7, 11) is 1.68. The van der Waals surface area contributed by atoms with Crippen LogP contribution in [0.25, 0.3) is 21.9 Å². The molecule has 0 bridgehead atoms. The van der Waals surface area contributed by atoms with Gasteiger partial charge in [-0.25, -0.2) is 15.0 Å². The molecule has 3 aromatic heterocycles. The van der Waals surface area contributed by atoms with Crippen LogP contribution in [-0.4, -0.2) is 33.2 Å². The Morgan fingerprint density at radius 2 is 1.96 bits per heavy atom. The van der Waals surface area contributed by atoms with Crippen molar-refractivity contribution in [3.63, 3.8) is 0 Å². The summed E-state index contributed by atoms with van der Waals surface area (Å²) in [5.74, 6) is 2.59. The molecule has 4 aromatic rings. The van der Waals surface area contributed by atoms with Gasteiger partial charge in [-0.3, -0.25) is 0 Å². The number of nitrogens with zero attached hydrogens (tertiary/aromatic N) is 4. The molecule has 0 aliphatic rings. The average molecular weight is 394 g/mol. The van der Waals surface area contributed by atoms with Gasteiger partial charge in [-0.1, -0.05) is 18.2 Å². The molecule has 0 spiro atoms. The van der Waals surface area contributed by atoms with E-state index in [1.165, 1.54) is 5.56 Å². The van der Waals surface area contributed by atoms with E-state index in [9.17, 15) is 0 Å². The Balaban J connectivity index is 1.59. The summed E-state index contributed by atoms with van der Waals surface area (Å²) in [6.45, 7) is 5.07. The van der Waals surface area contributed by atoms with E-state index < -0.39 is 0 Å². The maximum atomic E-state index is 5.21. The van der Waals surface area contributed by atoms with Crippen molar-refractivity contribution in [2.45, 2.75) is 26.3 Å². The van der Waals surface area contributed by atoms with Crippen LogP contribution in [0.15, 0.2) is 48.1 Å². The second-order valence-electron chi connectivity index (χ2n) is 6.80. The summed E-state index contributed by atoms with van der Waals surface area (Å²) in [5, 5.41) is 5.50. The number of nitrogens with one attached hydrogen (secondary N) is 1. The van der Waals surface area contributed by atoms with Crippen LogP contribution in [0.4, 0.5) is 5.82 Å². The van der Waals surface area contributed by atoms with Gasteiger partial charge in [0.1, 0.15) is 12.1 Å². The first-order valence-corrected chi connectivity index (χ1v) is 10.2. The fraction of sp³-hybridized carbons (Fsp3) is 0.286. The minimum absolute atomic E-state index is 0.254. The van der Waals surface area contributed by atoms with Gasteiger partial charge >= 0.3 is 0 Å². The van der Waals surface area contributed by atoms with Crippen LogP contribution in [0.3, 0.4) is 0 Å². The van der Waals surface area contributed by atoms with Crippen LogP contribution in [0, 0.1) is 0 Å². The van der Waals surface area contributed by atoms with Crippen molar-refractivity contribution >= 4 is 28.3 Å². The highest BCUT2D eigenvalue weighted by Crippen LogP contribution is 2.32. The molecule has 7 heteroatoms. The number of methoxy groups -OCH3 is 1. The van der Waals surface area contributed by atoms with E-state index in [0.29, 0.717) is 0 Å². The lowest BCUT2D eigenvalue weighted by Gasteiger charge is -2.11. The summed E-state index contributed by atoms with van der Waals surface area (Å²) >= 11 is 1.68. The number of ether oxygens (including phenoxy) is 1. The van der Waals surface area contributed by atoms with Crippen molar-refractivity contribution in [3.05, 3.63) is 53.7 Å². The van der Waals surface area contributed by atoms with Gasteiger partial charge in [0.25, 0.3) is 0 Å². The Labute approximate surface area is 168 Å². The first-order chi connectivity index (χ1) is 13.7. The highest BCUT2D eigenvalue weighted by molar-refractivity contribution is 7.13. The molecule has 0 saturated heterocycles. The fourth-order valence-corrected chi connectivity index (χ4v) is 3.93. The molecule has 0 fully saturated rings. The summed E-state index contributed by atoms with van der Waals surface area (Å²) < 4.78 is 7.39. The predicted molar refractivity (Wildman–Crippen MR) is 114 cm³/mol. The monoisotopic (exact) mass is 393 g/mol. The number of anilines is 1. The number of hydrogen-bond acceptors (Lipinski definition) is 6. The van der Waals surface area contributed by atoms with Crippen LogP contribution >= 0.6 is 11.3 Å². The van der Waals surface area contributed by atoms with Gasteiger partial charge in [0, 0.05) is 12.6 Å². The maximum Gasteiger partial charge on any atom is 0.166 e. The standard InChI is InChI=1S/C21H23N5OS/c1-14(2)26-20(17-5-4-12-28-17)25-18-19(23-13-24-21(18)26)22-11-10-15-6-8-16(27-3)9-7-15/h4-9,12-14H,10-11H2,1-3H3,(H,22,23,24). The Morgan fingerprint density at radius 1 is 1.14 bits per heavy atom. The van der Waals surface area contributed by atoms with E-state index in [0.717, 1.165) is 46.4 Å². The van der Waals surface area contributed by atoms with E-state index in [1.807, 2.05) is 18.2 Å². The molecule has 4 rings (SSSR count). The van der Waals surface area contributed by atoms with Crippen LogP contribution in [0.2, 0.25) is 0 Å².